The van der Waals surface area contributed by atoms with Gasteiger partial charge >= 0.3 is 0 Å². The minimum Gasteiger partial charge on any atom is -0.351 e. The predicted octanol–water partition coefficient (Wildman–Crippen LogP) is 0.975. The van der Waals surface area contributed by atoms with Gasteiger partial charge in [-0.1, -0.05) is 6.92 Å². The lowest BCUT2D eigenvalue weighted by molar-refractivity contribution is 0.0941. The summed E-state index contributed by atoms with van der Waals surface area (Å²) in [5, 5.41) is 7.04. The van der Waals surface area contributed by atoms with Crippen molar-refractivity contribution in [2.75, 3.05) is 27.2 Å². The van der Waals surface area contributed by atoms with E-state index in [4.69, 9.17) is 0 Å². The first-order chi connectivity index (χ1) is 8.15. The molecule has 0 spiro atoms. The van der Waals surface area contributed by atoms with Gasteiger partial charge in [0.15, 0.2) is 0 Å². The van der Waals surface area contributed by atoms with Crippen molar-refractivity contribution in [3.05, 3.63) is 18.0 Å². The molecule has 0 aliphatic carbocycles. The van der Waals surface area contributed by atoms with Crippen LogP contribution >= 0.6 is 0 Å². The molecule has 0 saturated heterocycles. The third-order valence-electron chi connectivity index (χ3n) is 2.45. The molecule has 0 aliphatic rings. The molecule has 1 aromatic heterocycles. The molecule has 1 rings (SSSR count). The van der Waals surface area contributed by atoms with Crippen LogP contribution in [0.2, 0.25) is 0 Å². The zero-order valence-corrected chi connectivity index (χ0v) is 10.9. The van der Waals surface area contributed by atoms with Gasteiger partial charge < -0.3 is 10.2 Å². The van der Waals surface area contributed by atoms with Crippen LogP contribution in [-0.4, -0.2) is 47.8 Å². The van der Waals surface area contributed by atoms with Crippen LogP contribution in [0.4, 0.5) is 0 Å². The summed E-state index contributed by atoms with van der Waals surface area (Å²) in [5.41, 5.74) is 0.650. The number of aryl methyl sites for hydroxylation is 1. The van der Waals surface area contributed by atoms with Crippen molar-refractivity contribution in [3.63, 3.8) is 0 Å². The molecule has 0 bridgehead atoms. The van der Waals surface area contributed by atoms with Crippen LogP contribution in [0.15, 0.2) is 12.3 Å². The summed E-state index contributed by atoms with van der Waals surface area (Å²) in [4.78, 5) is 14.0. The molecule has 1 aromatic rings. The highest BCUT2D eigenvalue weighted by molar-refractivity contribution is 5.92. The number of nitrogens with one attached hydrogen (secondary N) is 1. The van der Waals surface area contributed by atoms with Crippen LogP contribution in [0, 0.1) is 0 Å². The van der Waals surface area contributed by atoms with Gasteiger partial charge in [-0.2, -0.15) is 5.10 Å². The Hall–Kier alpha value is -1.36. The quantitative estimate of drug-likeness (QED) is 0.720. The van der Waals surface area contributed by atoms with Crippen LogP contribution in [0.3, 0.4) is 0 Å². The van der Waals surface area contributed by atoms with E-state index in [1.165, 1.54) is 0 Å². The lowest BCUT2D eigenvalue weighted by atomic mass is 10.3. The van der Waals surface area contributed by atoms with E-state index in [2.05, 4.69) is 22.2 Å². The topological polar surface area (TPSA) is 50.2 Å². The van der Waals surface area contributed by atoms with Crippen molar-refractivity contribution < 1.29 is 4.79 Å². The summed E-state index contributed by atoms with van der Waals surface area (Å²) in [6, 6.07) is 1.76. The van der Waals surface area contributed by atoms with Gasteiger partial charge in [0.05, 0.1) is 0 Å². The molecule has 0 radical (unpaired) electrons. The molecule has 96 valence electrons. The number of nitrogens with zero attached hydrogens (tertiary/aromatic N) is 3. The summed E-state index contributed by atoms with van der Waals surface area (Å²) in [6.07, 6.45) is 3.60. The lowest BCUT2D eigenvalue weighted by Crippen LogP contribution is -2.29. The lowest BCUT2D eigenvalue weighted by Gasteiger charge is -2.10. The van der Waals surface area contributed by atoms with Crippen molar-refractivity contribution in [1.82, 2.24) is 20.0 Å². The van der Waals surface area contributed by atoms with Gasteiger partial charge in [-0.25, -0.2) is 0 Å². The maximum atomic E-state index is 11.9. The number of amides is 1. The molecule has 1 N–H and O–H groups in total. The Labute approximate surface area is 103 Å². The molecule has 5 nitrogen and oxygen atoms in total. The number of carbonyl (C=O) groups is 1. The van der Waals surface area contributed by atoms with E-state index >= 15 is 0 Å². The predicted molar refractivity (Wildman–Crippen MR) is 68.0 cm³/mol. The standard InChI is InChI=1S/C12H22N4O/c1-4-9-16-11(6-8-14-16)12(17)13-7-5-10-15(2)3/h6,8H,4-5,7,9-10H2,1-3H3,(H,13,17). The Morgan fingerprint density at radius 3 is 2.94 bits per heavy atom. The Morgan fingerprint density at radius 1 is 1.53 bits per heavy atom. The molecule has 0 unspecified atom stereocenters. The SMILES string of the molecule is CCCn1nccc1C(=O)NCCCN(C)C. The molecule has 0 aromatic carbocycles. The smallest absolute Gasteiger partial charge is 0.269 e. The summed E-state index contributed by atoms with van der Waals surface area (Å²) < 4.78 is 1.75. The van der Waals surface area contributed by atoms with Gasteiger partial charge in [-0.15, -0.1) is 0 Å². The zero-order chi connectivity index (χ0) is 12.7. The number of rotatable bonds is 7. The third kappa shape index (κ3) is 4.56. The second-order valence-corrected chi connectivity index (χ2v) is 4.35. The van der Waals surface area contributed by atoms with E-state index in [0.29, 0.717) is 12.2 Å². The van der Waals surface area contributed by atoms with Crippen molar-refractivity contribution in [1.29, 1.82) is 0 Å². The Bertz CT molecular complexity index is 346. The Kier molecular flexibility index (Phi) is 5.69. The van der Waals surface area contributed by atoms with E-state index in [0.717, 1.165) is 25.9 Å². The largest absolute Gasteiger partial charge is 0.351 e. The maximum absolute atomic E-state index is 11.9. The summed E-state index contributed by atoms with van der Waals surface area (Å²) in [5.74, 6) is -0.0327. The molecule has 0 saturated carbocycles. The summed E-state index contributed by atoms with van der Waals surface area (Å²) >= 11 is 0. The van der Waals surface area contributed by atoms with Crippen molar-refractivity contribution in [2.24, 2.45) is 0 Å². The summed E-state index contributed by atoms with van der Waals surface area (Å²) in [6.45, 7) is 4.54. The number of aromatic nitrogens is 2. The van der Waals surface area contributed by atoms with E-state index in [9.17, 15) is 4.79 Å². The fourth-order valence-corrected chi connectivity index (χ4v) is 1.60. The molecule has 0 aliphatic heterocycles. The normalized spacial score (nSPS) is 10.8. The van der Waals surface area contributed by atoms with Crippen LogP contribution in [0.5, 0.6) is 0 Å². The van der Waals surface area contributed by atoms with Crippen LogP contribution in [0.1, 0.15) is 30.3 Å². The highest BCUT2D eigenvalue weighted by atomic mass is 16.2. The first kappa shape index (κ1) is 13.7. The van der Waals surface area contributed by atoms with Crippen molar-refractivity contribution in [2.45, 2.75) is 26.3 Å². The van der Waals surface area contributed by atoms with E-state index in [1.807, 2.05) is 14.1 Å². The Morgan fingerprint density at radius 2 is 2.29 bits per heavy atom. The van der Waals surface area contributed by atoms with Crippen molar-refractivity contribution >= 4 is 5.91 Å². The maximum Gasteiger partial charge on any atom is 0.269 e. The second-order valence-electron chi connectivity index (χ2n) is 4.35. The molecule has 1 heterocycles. The van der Waals surface area contributed by atoms with Crippen LogP contribution in [0.25, 0.3) is 0 Å². The zero-order valence-electron chi connectivity index (χ0n) is 10.9. The monoisotopic (exact) mass is 238 g/mol. The van der Waals surface area contributed by atoms with E-state index in [1.54, 1.807) is 16.9 Å². The minimum atomic E-state index is -0.0327. The minimum absolute atomic E-state index is 0.0327. The van der Waals surface area contributed by atoms with Crippen LogP contribution in [-0.2, 0) is 6.54 Å². The number of carbonyl (C=O) groups excluding carboxylic acids is 1. The molecule has 17 heavy (non-hydrogen) atoms. The van der Waals surface area contributed by atoms with Gasteiger partial charge in [0.2, 0.25) is 0 Å². The number of hydrogen-bond donors (Lipinski definition) is 1. The van der Waals surface area contributed by atoms with Crippen molar-refractivity contribution in [3.8, 4) is 0 Å². The average molecular weight is 238 g/mol. The van der Waals surface area contributed by atoms with Gasteiger partial charge in [-0.3, -0.25) is 9.48 Å². The molecular formula is C12H22N4O. The van der Waals surface area contributed by atoms with Gasteiger partial charge in [-0.05, 0) is 39.5 Å². The fourth-order valence-electron chi connectivity index (χ4n) is 1.60. The average Bonchev–Trinajstić information content (AvgIpc) is 2.72. The highest BCUT2D eigenvalue weighted by Crippen LogP contribution is 2.00. The van der Waals surface area contributed by atoms with Gasteiger partial charge in [0.25, 0.3) is 5.91 Å². The molecular weight excluding hydrogens is 216 g/mol. The first-order valence-electron chi connectivity index (χ1n) is 6.10. The third-order valence-corrected chi connectivity index (χ3v) is 2.45. The molecule has 5 heteroatoms. The second kappa shape index (κ2) is 7.06. The fraction of sp³-hybridized carbons (Fsp3) is 0.667. The number of hydrogen-bond acceptors (Lipinski definition) is 3. The molecule has 0 fully saturated rings. The molecule has 1 amide bonds. The van der Waals surface area contributed by atoms with E-state index < -0.39 is 0 Å². The highest BCUT2D eigenvalue weighted by Gasteiger charge is 2.10. The van der Waals surface area contributed by atoms with Crippen LogP contribution < -0.4 is 5.32 Å². The van der Waals surface area contributed by atoms with Gasteiger partial charge in [0, 0.05) is 19.3 Å². The van der Waals surface area contributed by atoms with Gasteiger partial charge in [0.1, 0.15) is 5.69 Å². The van der Waals surface area contributed by atoms with E-state index in [-0.39, 0.29) is 5.91 Å². The first-order valence-corrected chi connectivity index (χ1v) is 6.10. The summed E-state index contributed by atoms with van der Waals surface area (Å²) in [7, 11) is 4.05. The molecule has 0 atom stereocenters. The Balaban J connectivity index is 2.38.